The molecule has 0 saturated carbocycles. The summed E-state index contributed by atoms with van der Waals surface area (Å²) >= 11 is 6.17. The largest absolute Gasteiger partial charge is 0.462 e. The molecule has 0 bridgehead atoms. The number of nitrogens with one attached hydrogen (secondary N) is 2. The number of amides is 1. The molecule has 0 aliphatic carbocycles. The van der Waals surface area contributed by atoms with Crippen molar-refractivity contribution in [3.63, 3.8) is 0 Å². The molecule has 132 valence electrons. The Bertz CT molecular complexity index is 859. The van der Waals surface area contributed by atoms with Crippen LogP contribution in [0.3, 0.4) is 0 Å². The number of carbonyl (C=O) groups is 2. The number of aromatic amines is 1. The summed E-state index contributed by atoms with van der Waals surface area (Å²) in [5, 5.41) is 3.04. The predicted octanol–water partition coefficient (Wildman–Crippen LogP) is 3.44. The van der Waals surface area contributed by atoms with Gasteiger partial charge in [-0.3, -0.25) is 4.79 Å². The normalized spacial score (nSPS) is 12.2. The molecule has 2 N–H and O–H groups in total. The SMILES string of the molecule is CCOC(=O)c1c(C)[nH]c(C(=O)Nc2cc3c(cc2Cl)OCO3)c1C. The monoisotopic (exact) mass is 364 g/mol. The zero-order chi connectivity index (χ0) is 18.1. The molecule has 1 aliphatic heterocycles. The third-order valence-corrected chi connectivity index (χ3v) is 4.17. The number of H-pyrrole nitrogens is 1. The maximum Gasteiger partial charge on any atom is 0.340 e. The molecule has 2 heterocycles. The van der Waals surface area contributed by atoms with Crippen LogP contribution in [0.2, 0.25) is 5.02 Å². The van der Waals surface area contributed by atoms with Gasteiger partial charge < -0.3 is 24.5 Å². The van der Waals surface area contributed by atoms with E-state index < -0.39 is 11.9 Å². The summed E-state index contributed by atoms with van der Waals surface area (Å²) in [6.45, 7) is 5.50. The highest BCUT2D eigenvalue weighted by Crippen LogP contribution is 2.39. The zero-order valence-electron chi connectivity index (χ0n) is 14.0. The second-order valence-electron chi connectivity index (χ2n) is 5.48. The highest BCUT2D eigenvalue weighted by atomic mass is 35.5. The fourth-order valence-corrected chi connectivity index (χ4v) is 2.89. The van der Waals surface area contributed by atoms with Crippen LogP contribution in [0.15, 0.2) is 12.1 Å². The molecule has 25 heavy (non-hydrogen) atoms. The Labute approximate surface area is 149 Å². The first kappa shape index (κ1) is 17.2. The maximum absolute atomic E-state index is 12.6. The lowest BCUT2D eigenvalue weighted by molar-refractivity contribution is 0.0525. The Morgan fingerprint density at radius 2 is 1.96 bits per heavy atom. The van der Waals surface area contributed by atoms with Crippen molar-refractivity contribution in [2.45, 2.75) is 20.8 Å². The van der Waals surface area contributed by atoms with E-state index in [-0.39, 0.29) is 19.1 Å². The number of aromatic nitrogens is 1. The number of anilines is 1. The Morgan fingerprint density at radius 3 is 2.64 bits per heavy atom. The van der Waals surface area contributed by atoms with Crippen LogP contribution in [0.25, 0.3) is 0 Å². The Kier molecular flexibility index (Phi) is 4.59. The van der Waals surface area contributed by atoms with Crippen molar-refractivity contribution < 1.29 is 23.8 Å². The van der Waals surface area contributed by atoms with Crippen molar-refractivity contribution in [3.8, 4) is 11.5 Å². The van der Waals surface area contributed by atoms with Gasteiger partial charge in [-0.2, -0.15) is 0 Å². The van der Waals surface area contributed by atoms with Gasteiger partial charge in [-0.05, 0) is 26.3 Å². The first-order valence-electron chi connectivity index (χ1n) is 7.69. The van der Waals surface area contributed by atoms with E-state index in [2.05, 4.69) is 10.3 Å². The minimum Gasteiger partial charge on any atom is -0.462 e. The Balaban J connectivity index is 1.87. The third-order valence-electron chi connectivity index (χ3n) is 3.85. The highest BCUT2D eigenvalue weighted by molar-refractivity contribution is 6.34. The van der Waals surface area contributed by atoms with E-state index in [1.54, 1.807) is 32.9 Å². The van der Waals surface area contributed by atoms with E-state index >= 15 is 0 Å². The van der Waals surface area contributed by atoms with Crippen LogP contribution >= 0.6 is 11.6 Å². The fourth-order valence-electron chi connectivity index (χ4n) is 2.68. The summed E-state index contributed by atoms with van der Waals surface area (Å²) < 4.78 is 15.5. The van der Waals surface area contributed by atoms with E-state index in [0.29, 0.717) is 39.0 Å². The predicted molar refractivity (Wildman–Crippen MR) is 91.8 cm³/mol. The first-order chi connectivity index (χ1) is 11.9. The molecule has 0 radical (unpaired) electrons. The van der Waals surface area contributed by atoms with Crippen LogP contribution in [0, 0.1) is 13.8 Å². The molecule has 1 aliphatic rings. The maximum atomic E-state index is 12.6. The molecule has 7 nitrogen and oxygen atoms in total. The molecule has 1 aromatic carbocycles. The summed E-state index contributed by atoms with van der Waals surface area (Å²) in [6, 6.07) is 3.18. The van der Waals surface area contributed by atoms with Crippen LogP contribution in [0.5, 0.6) is 11.5 Å². The second-order valence-corrected chi connectivity index (χ2v) is 5.89. The Morgan fingerprint density at radius 1 is 1.28 bits per heavy atom. The molecule has 0 saturated heterocycles. The molecule has 2 aromatic rings. The molecule has 8 heteroatoms. The number of aryl methyl sites for hydroxylation is 1. The summed E-state index contributed by atoms with van der Waals surface area (Å²) in [7, 11) is 0. The summed E-state index contributed by atoms with van der Waals surface area (Å²) in [5.41, 5.74) is 2.11. The fraction of sp³-hybridized carbons (Fsp3) is 0.294. The van der Waals surface area contributed by atoms with Gasteiger partial charge in [-0.1, -0.05) is 11.6 Å². The molecule has 0 spiro atoms. The summed E-state index contributed by atoms with van der Waals surface area (Å²) in [5.74, 6) is 0.150. The molecule has 0 fully saturated rings. The van der Waals surface area contributed by atoms with Crippen LogP contribution in [-0.2, 0) is 4.74 Å². The van der Waals surface area contributed by atoms with E-state index in [4.69, 9.17) is 25.8 Å². The highest BCUT2D eigenvalue weighted by Gasteiger charge is 2.24. The van der Waals surface area contributed by atoms with Gasteiger partial charge in [-0.15, -0.1) is 0 Å². The van der Waals surface area contributed by atoms with Crippen molar-refractivity contribution in [2.75, 3.05) is 18.7 Å². The number of esters is 1. The molecular weight excluding hydrogens is 348 g/mol. The van der Waals surface area contributed by atoms with Gasteiger partial charge in [0.1, 0.15) is 5.69 Å². The van der Waals surface area contributed by atoms with Crippen LogP contribution in [0.1, 0.15) is 39.0 Å². The van der Waals surface area contributed by atoms with Crippen molar-refractivity contribution in [1.82, 2.24) is 4.98 Å². The molecule has 1 amide bonds. The number of carbonyl (C=O) groups excluding carboxylic acids is 2. The summed E-state index contributed by atoms with van der Waals surface area (Å²) in [6.07, 6.45) is 0. The minimum absolute atomic E-state index is 0.112. The number of fused-ring (bicyclic) bond motifs is 1. The van der Waals surface area contributed by atoms with E-state index in [0.717, 1.165) is 0 Å². The summed E-state index contributed by atoms with van der Waals surface area (Å²) in [4.78, 5) is 27.6. The van der Waals surface area contributed by atoms with Crippen molar-refractivity contribution >= 4 is 29.2 Å². The topological polar surface area (TPSA) is 89.7 Å². The smallest absolute Gasteiger partial charge is 0.340 e. The number of benzene rings is 1. The molecule has 1 aromatic heterocycles. The molecule has 0 unspecified atom stereocenters. The van der Waals surface area contributed by atoms with Gasteiger partial charge >= 0.3 is 5.97 Å². The van der Waals surface area contributed by atoms with Crippen LogP contribution < -0.4 is 14.8 Å². The average Bonchev–Trinajstić information content (AvgIpc) is 3.11. The molecule has 0 atom stereocenters. The van der Waals surface area contributed by atoms with Crippen LogP contribution in [-0.4, -0.2) is 30.3 Å². The van der Waals surface area contributed by atoms with Gasteiger partial charge in [-0.25, -0.2) is 4.79 Å². The van der Waals surface area contributed by atoms with Gasteiger partial charge in [0.2, 0.25) is 6.79 Å². The minimum atomic E-state index is -0.464. The lowest BCUT2D eigenvalue weighted by Crippen LogP contribution is -2.14. The van der Waals surface area contributed by atoms with Crippen molar-refractivity contribution in [3.05, 3.63) is 39.7 Å². The standard InChI is InChI=1S/C17H17ClN2O5/c1-4-23-17(22)14-8(2)15(19-9(14)3)16(21)20-11-6-13-12(5-10(11)18)24-7-25-13/h5-6,19H,4,7H2,1-3H3,(H,20,21). The van der Waals surface area contributed by atoms with Crippen molar-refractivity contribution in [2.24, 2.45) is 0 Å². The van der Waals surface area contributed by atoms with E-state index in [9.17, 15) is 9.59 Å². The quantitative estimate of drug-likeness (QED) is 0.811. The second kappa shape index (κ2) is 6.68. The number of hydrogen-bond donors (Lipinski definition) is 2. The van der Waals surface area contributed by atoms with E-state index in [1.807, 2.05) is 0 Å². The lowest BCUT2D eigenvalue weighted by Gasteiger charge is -2.08. The molecular formula is C17H17ClN2O5. The lowest BCUT2D eigenvalue weighted by atomic mass is 10.1. The number of rotatable bonds is 4. The van der Waals surface area contributed by atoms with Gasteiger partial charge in [0, 0.05) is 17.8 Å². The number of halogens is 1. The molecule has 3 rings (SSSR count). The van der Waals surface area contributed by atoms with Gasteiger partial charge in [0.15, 0.2) is 11.5 Å². The third kappa shape index (κ3) is 3.15. The van der Waals surface area contributed by atoms with Crippen molar-refractivity contribution in [1.29, 1.82) is 0 Å². The number of ether oxygens (including phenoxy) is 3. The van der Waals surface area contributed by atoms with Crippen LogP contribution in [0.4, 0.5) is 5.69 Å². The zero-order valence-corrected chi connectivity index (χ0v) is 14.7. The van der Waals surface area contributed by atoms with Gasteiger partial charge in [0.05, 0.1) is 22.9 Å². The van der Waals surface area contributed by atoms with Gasteiger partial charge in [0.25, 0.3) is 5.91 Å². The number of hydrogen-bond acceptors (Lipinski definition) is 5. The average molecular weight is 365 g/mol. The first-order valence-corrected chi connectivity index (χ1v) is 8.07. The van der Waals surface area contributed by atoms with E-state index in [1.165, 1.54) is 0 Å². The Hall–Kier alpha value is -2.67.